The minimum atomic E-state index is -0.799. The second kappa shape index (κ2) is 11.1. The molecule has 0 aromatic heterocycles. The molecular weight excluding hydrogens is 456 g/mol. The molecule has 1 N–H and O–H groups in total. The fourth-order valence-corrected chi connectivity index (χ4v) is 4.61. The Morgan fingerprint density at radius 1 is 1.15 bits per heavy atom. The van der Waals surface area contributed by atoms with Gasteiger partial charge in [-0.3, -0.25) is 14.5 Å². The normalized spacial score (nSPS) is 16.2. The van der Waals surface area contributed by atoms with Gasteiger partial charge in [0.05, 0.1) is 17.1 Å². The van der Waals surface area contributed by atoms with Crippen LogP contribution in [0.4, 0.5) is 5.69 Å². The molecule has 2 aromatic carbocycles. The lowest BCUT2D eigenvalue weighted by Gasteiger charge is -2.22. The van der Waals surface area contributed by atoms with Crippen molar-refractivity contribution in [3.63, 3.8) is 0 Å². The van der Waals surface area contributed by atoms with E-state index in [1.165, 1.54) is 16.7 Å². The molecule has 1 atom stereocenters. The van der Waals surface area contributed by atoms with E-state index in [0.717, 1.165) is 11.1 Å². The molecule has 1 unspecified atom stereocenters. The molecule has 6 nitrogen and oxygen atoms in total. The quantitative estimate of drug-likeness (QED) is 0.340. The highest BCUT2D eigenvalue weighted by atomic mass is 32.2. The van der Waals surface area contributed by atoms with Crippen LogP contribution in [0.15, 0.2) is 71.2 Å². The molecule has 0 saturated carbocycles. The molecular formula is C25H24N2O4S2. The highest BCUT2D eigenvalue weighted by Crippen LogP contribution is 2.33. The van der Waals surface area contributed by atoms with Gasteiger partial charge in [0.2, 0.25) is 5.91 Å². The van der Waals surface area contributed by atoms with Gasteiger partial charge in [-0.1, -0.05) is 60.4 Å². The standard InChI is InChI=1S/C25H24N2O4S2/c1-4-31-24(30)19-10-12-20(13-11-19)26-22(28)17(3)27-23(29)21(33-25(27)32)15-16(2)14-18-8-6-5-7-9-18/h5-15,17H,4H2,1-3H3,(H,26,28)/b16-14+,21-15-. The van der Waals surface area contributed by atoms with Crippen molar-refractivity contribution in [2.45, 2.75) is 26.8 Å². The van der Waals surface area contributed by atoms with Gasteiger partial charge in [-0.05, 0) is 62.2 Å². The third kappa shape index (κ3) is 6.18. The summed E-state index contributed by atoms with van der Waals surface area (Å²) in [7, 11) is 0. The average Bonchev–Trinajstić information content (AvgIpc) is 3.07. The number of hydrogen-bond acceptors (Lipinski definition) is 6. The second-order valence-electron chi connectivity index (χ2n) is 7.31. The van der Waals surface area contributed by atoms with Crippen LogP contribution in [0.3, 0.4) is 0 Å². The van der Waals surface area contributed by atoms with Gasteiger partial charge in [0.1, 0.15) is 10.4 Å². The average molecular weight is 481 g/mol. The van der Waals surface area contributed by atoms with E-state index >= 15 is 0 Å². The van der Waals surface area contributed by atoms with E-state index in [9.17, 15) is 14.4 Å². The van der Waals surface area contributed by atoms with Gasteiger partial charge in [0.25, 0.3) is 5.91 Å². The Morgan fingerprint density at radius 3 is 2.45 bits per heavy atom. The first kappa shape index (κ1) is 24.4. The van der Waals surface area contributed by atoms with E-state index in [4.69, 9.17) is 17.0 Å². The number of amides is 2. The number of benzene rings is 2. The van der Waals surface area contributed by atoms with Crippen LogP contribution >= 0.6 is 24.0 Å². The molecule has 8 heteroatoms. The van der Waals surface area contributed by atoms with E-state index in [1.807, 2.05) is 43.3 Å². The zero-order valence-corrected chi connectivity index (χ0v) is 20.2. The number of nitrogens with one attached hydrogen (secondary N) is 1. The summed E-state index contributed by atoms with van der Waals surface area (Å²) in [6.45, 7) is 5.56. The Labute approximate surface area is 202 Å². The summed E-state index contributed by atoms with van der Waals surface area (Å²) >= 11 is 6.56. The molecule has 1 heterocycles. The lowest BCUT2D eigenvalue weighted by atomic mass is 10.1. The monoisotopic (exact) mass is 480 g/mol. The second-order valence-corrected chi connectivity index (χ2v) is 8.99. The third-order valence-corrected chi connectivity index (χ3v) is 6.14. The topological polar surface area (TPSA) is 75.7 Å². The van der Waals surface area contributed by atoms with E-state index in [1.54, 1.807) is 44.2 Å². The first-order valence-corrected chi connectivity index (χ1v) is 11.6. The fourth-order valence-electron chi connectivity index (χ4n) is 3.14. The van der Waals surface area contributed by atoms with Gasteiger partial charge in [0.15, 0.2) is 0 Å². The van der Waals surface area contributed by atoms with Gasteiger partial charge >= 0.3 is 5.97 Å². The Hall–Kier alpha value is -3.23. The van der Waals surface area contributed by atoms with Crippen LogP contribution in [-0.2, 0) is 14.3 Å². The molecule has 0 bridgehead atoms. The number of carbonyl (C=O) groups excluding carboxylic acids is 3. The van der Waals surface area contributed by atoms with Gasteiger partial charge < -0.3 is 10.1 Å². The third-order valence-electron chi connectivity index (χ3n) is 4.81. The van der Waals surface area contributed by atoms with Gasteiger partial charge in [-0.15, -0.1) is 0 Å². The molecule has 1 aliphatic heterocycles. The minimum absolute atomic E-state index is 0.286. The van der Waals surface area contributed by atoms with E-state index in [-0.39, 0.29) is 18.4 Å². The summed E-state index contributed by atoms with van der Waals surface area (Å²) in [5, 5.41) is 2.76. The molecule has 33 heavy (non-hydrogen) atoms. The van der Waals surface area contributed by atoms with Crippen molar-refractivity contribution in [1.82, 2.24) is 4.90 Å². The summed E-state index contributed by atoms with van der Waals surface area (Å²) in [6, 6.07) is 15.4. The summed E-state index contributed by atoms with van der Waals surface area (Å²) in [5.41, 5.74) is 2.83. The Bertz CT molecular complexity index is 1120. The molecule has 0 spiro atoms. The number of nitrogens with zero attached hydrogens (tertiary/aromatic N) is 1. The van der Waals surface area contributed by atoms with Crippen LogP contribution in [0, 0.1) is 0 Å². The summed E-state index contributed by atoms with van der Waals surface area (Å²) < 4.78 is 5.28. The first-order valence-electron chi connectivity index (χ1n) is 10.4. The number of carbonyl (C=O) groups is 3. The van der Waals surface area contributed by atoms with Crippen LogP contribution in [0.25, 0.3) is 6.08 Å². The molecule has 170 valence electrons. The van der Waals surface area contributed by atoms with E-state index in [0.29, 0.717) is 20.5 Å². The van der Waals surface area contributed by atoms with Crippen molar-refractivity contribution in [3.8, 4) is 0 Å². The summed E-state index contributed by atoms with van der Waals surface area (Å²) in [4.78, 5) is 39.3. The zero-order chi connectivity index (χ0) is 24.0. The number of hydrogen-bond donors (Lipinski definition) is 1. The molecule has 0 radical (unpaired) electrons. The van der Waals surface area contributed by atoms with Crippen molar-refractivity contribution in [2.24, 2.45) is 0 Å². The Morgan fingerprint density at radius 2 is 1.82 bits per heavy atom. The molecule has 1 saturated heterocycles. The van der Waals surface area contributed by atoms with E-state index < -0.39 is 12.0 Å². The van der Waals surface area contributed by atoms with E-state index in [2.05, 4.69) is 5.32 Å². The maximum absolute atomic E-state index is 13.0. The summed E-state index contributed by atoms with van der Waals surface area (Å²) in [6.07, 6.45) is 3.76. The van der Waals surface area contributed by atoms with Gasteiger partial charge in [0, 0.05) is 5.69 Å². The number of allylic oxidation sites excluding steroid dienone is 2. The number of anilines is 1. The first-order chi connectivity index (χ1) is 15.8. The van der Waals surface area contributed by atoms with Crippen LogP contribution in [0.1, 0.15) is 36.7 Å². The largest absolute Gasteiger partial charge is 0.462 e. The molecule has 0 aliphatic carbocycles. The van der Waals surface area contributed by atoms with Crippen LogP contribution in [0.5, 0.6) is 0 Å². The van der Waals surface area contributed by atoms with Crippen molar-refractivity contribution < 1.29 is 19.1 Å². The minimum Gasteiger partial charge on any atom is -0.462 e. The lowest BCUT2D eigenvalue weighted by molar-refractivity contribution is -0.129. The number of ether oxygens (including phenoxy) is 1. The molecule has 3 rings (SSSR count). The van der Waals surface area contributed by atoms with Crippen molar-refractivity contribution in [2.75, 3.05) is 11.9 Å². The van der Waals surface area contributed by atoms with Crippen molar-refractivity contribution in [1.29, 1.82) is 0 Å². The van der Waals surface area contributed by atoms with Crippen LogP contribution in [0.2, 0.25) is 0 Å². The predicted octanol–water partition coefficient (Wildman–Crippen LogP) is 5.04. The highest BCUT2D eigenvalue weighted by molar-refractivity contribution is 8.26. The number of thioether (sulfide) groups is 1. The van der Waals surface area contributed by atoms with Crippen LogP contribution < -0.4 is 5.32 Å². The Balaban J connectivity index is 1.68. The van der Waals surface area contributed by atoms with Gasteiger partial charge in [-0.25, -0.2) is 4.79 Å². The predicted molar refractivity (Wildman–Crippen MR) is 136 cm³/mol. The van der Waals surface area contributed by atoms with Crippen molar-refractivity contribution >= 4 is 57.8 Å². The SMILES string of the molecule is CCOC(=O)c1ccc(NC(=O)C(C)N2C(=O)/C(=C/C(C)=C/c3ccccc3)SC2=S)cc1. The summed E-state index contributed by atoms with van der Waals surface area (Å²) in [5.74, 6) is -1.11. The highest BCUT2D eigenvalue weighted by Gasteiger charge is 2.38. The van der Waals surface area contributed by atoms with Crippen molar-refractivity contribution in [3.05, 3.63) is 82.3 Å². The van der Waals surface area contributed by atoms with Crippen LogP contribution in [-0.4, -0.2) is 39.7 Å². The molecule has 1 fully saturated rings. The zero-order valence-electron chi connectivity index (χ0n) is 18.5. The number of rotatable bonds is 7. The molecule has 2 amide bonds. The Kier molecular flexibility index (Phi) is 8.19. The lowest BCUT2D eigenvalue weighted by Crippen LogP contribution is -2.44. The number of thiocarbonyl (C=S) groups is 1. The molecule has 1 aliphatic rings. The van der Waals surface area contributed by atoms with Gasteiger partial charge in [-0.2, -0.15) is 0 Å². The maximum Gasteiger partial charge on any atom is 0.338 e. The molecule has 2 aromatic rings. The fraction of sp³-hybridized carbons (Fsp3) is 0.200. The maximum atomic E-state index is 13.0. The number of esters is 1. The smallest absolute Gasteiger partial charge is 0.338 e.